The summed E-state index contributed by atoms with van der Waals surface area (Å²) >= 11 is 0. The van der Waals surface area contributed by atoms with E-state index in [0.29, 0.717) is 13.1 Å². The second kappa shape index (κ2) is 8.86. The van der Waals surface area contributed by atoms with Gasteiger partial charge in [-0.3, -0.25) is 0 Å². The maximum absolute atomic E-state index is 12.3. The predicted octanol–water partition coefficient (Wildman–Crippen LogP) is 3.64. The molecule has 0 saturated heterocycles. The van der Waals surface area contributed by atoms with Crippen molar-refractivity contribution in [3.63, 3.8) is 0 Å². The molecule has 2 aromatic rings. The lowest BCUT2D eigenvalue weighted by Gasteiger charge is -2.19. The van der Waals surface area contributed by atoms with Gasteiger partial charge in [-0.05, 0) is 23.3 Å². The summed E-state index contributed by atoms with van der Waals surface area (Å²) in [7, 11) is 3.02. The number of nitrogens with zero attached hydrogens (tertiary/aromatic N) is 1. The van der Waals surface area contributed by atoms with Crippen LogP contribution < -0.4 is 14.8 Å². The average molecular weight is 350 g/mol. The molecule has 0 fully saturated rings. The van der Waals surface area contributed by atoms with Gasteiger partial charge in [0.25, 0.3) is 0 Å². The average Bonchev–Trinajstić information content (AvgIpc) is 2.61. The molecular formula is C18H20F2N2O3. The quantitative estimate of drug-likeness (QED) is 0.829. The van der Waals surface area contributed by atoms with Gasteiger partial charge in [-0.15, -0.1) is 0 Å². The largest absolute Gasteiger partial charge is 0.493 e. The van der Waals surface area contributed by atoms with Crippen molar-refractivity contribution in [2.75, 3.05) is 14.2 Å². The number of methoxy groups -OCH3 is 1. The number of nitrogens with one attached hydrogen (secondary N) is 1. The van der Waals surface area contributed by atoms with Crippen LogP contribution in [-0.4, -0.2) is 31.7 Å². The molecule has 0 spiro atoms. The normalized spacial score (nSPS) is 10.4. The van der Waals surface area contributed by atoms with Crippen molar-refractivity contribution in [1.29, 1.82) is 0 Å². The number of benzene rings is 2. The van der Waals surface area contributed by atoms with Crippen molar-refractivity contribution in [3.05, 3.63) is 59.7 Å². The Kier molecular flexibility index (Phi) is 6.56. The molecule has 0 saturated carbocycles. The van der Waals surface area contributed by atoms with Gasteiger partial charge < -0.3 is 19.7 Å². The molecule has 25 heavy (non-hydrogen) atoms. The van der Waals surface area contributed by atoms with Crippen molar-refractivity contribution >= 4 is 6.03 Å². The molecule has 0 radical (unpaired) electrons. The molecule has 0 aliphatic carbocycles. The number of amides is 2. The van der Waals surface area contributed by atoms with Gasteiger partial charge in [0, 0.05) is 20.1 Å². The molecule has 2 amide bonds. The topological polar surface area (TPSA) is 50.8 Å². The first-order valence-corrected chi connectivity index (χ1v) is 7.64. The third-order valence-corrected chi connectivity index (χ3v) is 3.50. The first-order chi connectivity index (χ1) is 12.0. The Labute approximate surface area is 145 Å². The van der Waals surface area contributed by atoms with E-state index in [9.17, 15) is 13.6 Å². The van der Waals surface area contributed by atoms with Crippen LogP contribution in [-0.2, 0) is 13.1 Å². The van der Waals surface area contributed by atoms with Crippen molar-refractivity contribution in [2.45, 2.75) is 19.7 Å². The van der Waals surface area contributed by atoms with E-state index < -0.39 is 6.61 Å². The van der Waals surface area contributed by atoms with E-state index >= 15 is 0 Å². The van der Waals surface area contributed by atoms with Gasteiger partial charge >= 0.3 is 12.6 Å². The molecule has 0 heterocycles. The standard InChI is InChI=1S/C18H20F2N2O3/c1-22(18(23)21-11-13-6-4-3-5-7-13)12-14-8-9-15(25-17(19)20)16(10-14)24-2/h3-10,17H,11-12H2,1-2H3,(H,21,23). The molecule has 0 atom stereocenters. The zero-order chi connectivity index (χ0) is 18.2. The molecule has 0 aliphatic heterocycles. The van der Waals surface area contributed by atoms with E-state index in [4.69, 9.17) is 4.74 Å². The van der Waals surface area contributed by atoms with Crippen LogP contribution >= 0.6 is 0 Å². The number of carbonyl (C=O) groups is 1. The van der Waals surface area contributed by atoms with E-state index in [1.165, 1.54) is 18.1 Å². The van der Waals surface area contributed by atoms with E-state index in [2.05, 4.69) is 10.1 Å². The Morgan fingerprint density at radius 1 is 1.12 bits per heavy atom. The monoisotopic (exact) mass is 350 g/mol. The van der Waals surface area contributed by atoms with Crippen molar-refractivity contribution in [1.82, 2.24) is 10.2 Å². The molecule has 134 valence electrons. The summed E-state index contributed by atoms with van der Waals surface area (Å²) in [5.74, 6) is 0.147. The summed E-state index contributed by atoms with van der Waals surface area (Å²) in [4.78, 5) is 13.6. The van der Waals surface area contributed by atoms with Gasteiger partial charge in [-0.2, -0.15) is 8.78 Å². The third kappa shape index (κ3) is 5.63. The van der Waals surface area contributed by atoms with Crippen LogP contribution in [0.25, 0.3) is 0 Å². The molecule has 0 unspecified atom stereocenters. The van der Waals surface area contributed by atoms with Crippen LogP contribution in [0, 0.1) is 0 Å². The van der Waals surface area contributed by atoms with Crippen LogP contribution in [0.5, 0.6) is 11.5 Å². The van der Waals surface area contributed by atoms with E-state index in [-0.39, 0.29) is 17.5 Å². The number of ether oxygens (including phenoxy) is 2. The highest BCUT2D eigenvalue weighted by Crippen LogP contribution is 2.29. The molecule has 7 heteroatoms. The van der Waals surface area contributed by atoms with Crippen LogP contribution in [0.1, 0.15) is 11.1 Å². The second-order valence-electron chi connectivity index (χ2n) is 5.36. The minimum atomic E-state index is -2.92. The number of rotatable bonds is 7. The van der Waals surface area contributed by atoms with Crippen molar-refractivity contribution in [3.8, 4) is 11.5 Å². The summed E-state index contributed by atoms with van der Waals surface area (Å²) in [6.07, 6.45) is 0. The van der Waals surface area contributed by atoms with Crippen LogP contribution in [0.15, 0.2) is 48.5 Å². The highest BCUT2D eigenvalue weighted by Gasteiger charge is 2.13. The molecule has 0 bridgehead atoms. The highest BCUT2D eigenvalue weighted by atomic mass is 19.3. The summed E-state index contributed by atoms with van der Waals surface area (Å²) in [6, 6.07) is 13.9. The first kappa shape index (κ1) is 18.5. The number of carbonyl (C=O) groups excluding carboxylic acids is 1. The molecule has 2 aromatic carbocycles. The van der Waals surface area contributed by atoms with E-state index in [1.54, 1.807) is 19.2 Å². The Morgan fingerprint density at radius 2 is 1.84 bits per heavy atom. The van der Waals surface area contributed by atoms with Gasteiger partial charge in [0.15, 0.2) is 11.5 Å². The minimum Gasteiger partial charge on any atom is -0.493 e. The molecule has 1 N–H and O–H groups in total. The van der Waals surface area contributed by atoms with E-state index in [0.717, 1.165) is 11.1 Å². The summed E-state index contributed by atoms with van der Waals surface area (Å²) in [5, 5.41) is 2.82. The number of halogens is 2. The number of hydrogen-bond acceptors (Lipinski definition) is 3. The minimum absolute atomic E-state index is 0.0440. The fraction of sp³-hybridized carbons (Fsp3) is 0.278. The number of alkyl halides is 2. The number of urea groups is 1. The Balaban J connectivity index is 1.94. The lowest BCUT2D eigenvalue weighted by molar-refractivity contribution is -0.0512. The van der Waals surface area contributed by atoms with Crippen molar-refractivity contribution in [2.24, 2.45) is 0 Å². The maximum Gasteiger partial charge on any atom is 0.387 e. The summed E-state index contributed by atoms with van der Waals surface area (Å²) in [6.45, 7) is -2.20. The lowest BCUT2D eigenvalue weighted by atomic mass is 10.2. The summed E-state index contributed by atoms with van der Waals surface area (Å²) in [5.41, 5.74) is 1.73. The maximum atomic E-state index is 12.3. The van der Waals surface area contributed by atoms with Crippen LogP contribution in [0.3, 0.4) is 0 Å². The zero-order valence-electron chi connectivity index (χ0n) is 14.0. The predicted molar refractivity (Wildman–Crippen MR) is 89.8 cm³/mol. The SMILES string of the molecule is COc1cc(CN(C)C(=O)NCc2ccccc2)ccc1OC(F)F. The third-order valence-electron chi connectivity index (χ3n) is 3.50. The van der Waals surface area contributed by atoms with Crippen LogP contribution in [0.2, 0.25) is 0 Å². The van der Waals surface area contributed by atoms with Gasteiger partial charge in [-0.1, -0.05) is 36.4 Å². The first-order valence-electron chi connectivity index (χ1n) is 7.64. The molecule has 5 nitrogen and oxygen atoms in total. The second-order valence-corrected chi connectivity index (χ2v) is 5.36. The lowest BCUT2D eigenvalue weighted by Crippen LogP contribution is -2.36. The van der Waals surface area contributed by atoms with Gasteiger partial charge in [0.2, 0.25) is 0 Å². The van der Waals surface area contributed by atoms with Gasteiger partial charge in [-0.25, -0.2) is 4.79 Å². The van der Waals surface area contributed by atoms with Gasteiger partial charge in [0.1, 0.15) is 0 Å². The van der Waals surface area contributed by atoms with Crippen molar-refractivity contribution < 1.29 is 23.0 Å². The Morgan fingerprint density at radius 3 is 2.48 bits per heavy atom. The van der Waals surface area contributed by atoms with E-state index in [1.807, 2.05) is 30.3 Å². The number of hydrogen-bond donors (Lipinski definition) is 1. The zero-order valence-corrected chi connectivity index (χ0v) is 14.0. The Bertz CT molecular complexity index is 696. The fourth-order valence-corrected chi connectivity index (χ4v) is 2.26. The fourth-order valence-electron chi connectivity index (χ4n) is 2.26. The molecule has 2 rings (SSSR count). The van der Waals surface area contributed by atoms with Gasteiger partial charge in [0.05, 0.1) is 7.11 Å². The molecular weight excluding hydrogens is 330 g/mol. The highest BCUT2D eigenvalue weighted by molar-refractivity contribution is 5.73. The smallest absolute Gasteiger partial charge is 0.387 e. The summed E-state index contributed by atoms with van der Waals surface area (Å²) < 4.78 is 34.1. The molecule has 0 aliphatic rings. The molecule has 0 aromatic heterocycles. The Hall–Kier alpha value is -2.83. The van der Waals surface area contributed by atoms with Crippen LogP contribution in [0.4, 0.5) is 13.6 Å².